The molecule has 4 heteroatoms. The van der Waals surface area contributed by atoms with E-state index in [1.54, 1.807) is 0 Å². The number of carbonyl (C=O) groups is 1. The molecule has 1 saturated heterocycles. The van der Waals surface area contributed by atoms with Gasteiger partial charge in [-0.15, -0.1) is 0 Å². The van der Waals surface area contributed by atoms with Gasteiger partial charge in [0, 0.05) is 18.4 Å². The molecule has 0 radical (unpaired) electrons. The average molecular weight is 286 g/mol. The lowest BCUT2D eigenvalue weighted by molar-refractivity contribution is -0.155. The lowest BCUT2D eigenvalue weighted by atomic mass is 9.84. The Hall–Kier alpha value is -0.610. The number of hydrogen-bond acceptors (Lipinski definition) is 4. The van der Waals surface area contributed by atoms with E-state index in [9.17, 15) is 4.79 Å². The molecule has 0 spiro atoms. The third kappa shape index (κ3) is 6.71. The maximum Gasteiger partial charge on any atom is 0.306 e. The summed E-state index contributed by atoms with van der Waals surface area (Å²) in [7, 11) is 0. The summed E-state index contributed by atoms with van der Waals surface area (Å²) >= 11 is 0. The second-order valence-corrected chi connectivity index (χ2v) is 6.80. The first-order valence-corrected chi connectivity index (χ1v) is 7.74. The number of unbranched alkanes of at least 4 members (excludes halogenated alkanes) is 2. The van der Waals surface area contributed by atoms with E-state index in [4.69, 9.17) is 14.2 Å². The van der Waals surface area contributed by atoms with E-state index in [1.807, 2.05) is 20.8 Å². The summed E-state index contributed by atoms with van der Waals surface area (Å²) in [6.45, 7) is 11.1. The molecule has 0 aromatic carbocycles. The molecule has 0 atom stereocenters. The molecule has 1 aliphatic heterocycles. The van der Waals surface area contributed by atoms with Crippen LogP contribution in [0.25, 0.3) is 0 Å². The van der Waals surface area contributed by atoms with E-state index in [0.29, 0.717) is 6.42 Å². The van der Waals surface area contributed by atoms with Crippen LogP contribution in [0.2, 0.25) is 0 Å². The third-order valence-electron chi connectivity index (χ3n) is 3.56. The maximum absolute atomic E-state index is 11.5. The minimum Gasteiger partial charge on any atom is -0.460 e. The van der Waals surface area contributed by atoms with Gasteiger partial charge in [-0.3, -0.25) is 4.79 Å². The molecular formula is C16H30O4. The van der Waals surface area contributed by atoms with Crippen molar-refractivity contribution in [1.29, 1.82) is 0 Å². The molecule has 20 heavy (non-hydrogen) atoms. The fourth-order valence-corrected chi connectivity index (χ4v) is 2.11. The van der Waals surface area contributed by atoms with Gasteiger partial charge in [0.2, 0.25) is 0 Å². The molecule has 1 aliphatic rings. The van der Waals surface area contributed by atoms with Crippen LogP contribution in [0, 0.1) is 5.41 Å². The van der Waals surface area contributed by atoms with Crippen LogP contribution in [0.4, 0.5) is 0 Å². The first kappa shape index (κ1) is 17.4. The van der Waals surface area contributed by atoms with Crippen molar-refractivity contribution in [2.45, 2.75) is 65.4 Å². The fraction of sp³-hybridized carbons (Fsp3) is 0.938. The topological polar surface area (TPSA) is 44.8 Å². The molecule has 0 unspecified atom stereocenters. The minimum atomic E-state index is -0.375. The molecule has 0 saturated carbocycles. The number of ether oxygens (including phenoxy) is 3. The number of esters is 1. The first-order chi connectivity index (χ1) is 9.37. The van der Waals surface area contributed by atoms with Crippen LogP contribution in [0.3, 0.4) is 0 Å². The van der Waals surface area contributed by atoms with Crippen molar-refractivity contribution in [2.24, 2.45) is 5.41 Å². The molecule has 0 amide bonds. The molecule has 1 fully saturated rings. The van der Waals surface area contributed by atoms with Gasteiger partial charge in [-0.05, 0) is 40.0 Å². The molecule has 0 aliphatic carbocycles. The zero-order chi connectivity index (χ0) is 15.1. The summed E-state index contributed by atoms with van der Waals surface area (Å²) in [5.74, 6) is -0.102. The second-order valence-electron chi connectivity index (χ2n) is 6.80. The highest BCUT2D eigenvalue weighted by molar-refractivity contribution is 5.69. The lowest BCUT2D eigenvalue weighted by Gasteiger charge is -2.40. The third-order valence-corrected chi connectivity index (χ3v) is 3.56. The molecular weight excluding hydrogens is 256 g/mol. The Bertz CT molecular complexity index is 284. The summed E-state index contributed by atoms with van der Waals surface area (Å²) in [4.78, 5) is 11.5. The van der Waals surface area contributed by atoms with E-state index in [2.05, 4.69) is 6.92 Å². The summed E-state index contributed by atoms with van der Waals surface area (Å²) in [6, 6.07) is 0. The Morgan fingerprint density at radius 1 is 1.20 bits per heavy atom. The highest BCUT2D eigenvalue weighted by atomic mass is 16.6. The monoisotopic (exact) mass is 286 g/mol. The normalized spacial score (nSPS) is 17.6. The van der Waals surface area contributed by atoms with Crippen LogP contribution in [0.15, 0.2) is 0 Å². The lowest BCUT2D eigenvalue weighted by Crippen LogP contribution is -2.45. The molecule has 0 N–H and O–H groups in total. The highest BCUT2D eigenvalue weighted by Gasteiger charge is 2.36. The van der Waals surface area contributed by atoms with Gasteiger partial charge in [-0.2, -0.15) is 0 Å². The summed E-state index contributed by atoms with van der Waals surface area (Å²) in [5.41, 5.74) is -0.101. The zero-order valence-electron chi connectivity index (χ0n) is 13.5. The maximum atomic E-state index is 11.5. The van der Waals surface area contributed by atoms with Crippen molar-refractivity contribution in [3.63, 3.8) is 0 Å². The summed E-state index contributed by atoms with van der Waals surface area (Å²) < 4.78 is 16.2. The van der Waals surface area contributed by atoms with Gasteiger partial charge in [-0.25, -0.2) is 0 Å². The highest BCUT2D eigenvalue weighted by Crippen LogP contribution is 2.31. The summed E-state index contributed by atoms with van der Waals surface area (Å²) in [6.07, 6.45) is 4.51. The van der Waals surface area contributed by atoms with Gasteiger partial charge in [0.05, 0.1) is 19.8 Å². The van der Waals surface area contributed by atoms with Gasteiger partial charge in [-0.1, -0.05) is 13.3 Å². The molecule has 0 aromatic heterocycles. The van der Waals surface area contributed by atoms with Crippen LogP contribution in [-0.4, -0.2) is 38.0 Å². The molecule has 4 nitrogen and oxygen atoms in total. The van der Waals surface area contributed by atoms with Crippen LogP contribution < -0.4 is 0 Å². The predicted octanol–water partition coefficient (Wildman–Crippen LogP) is 3.33. The van der Waals surface area contributed by atoms with E-state index in [-0.39, 0.29) is 17.0 Å². The SMILES string of the molecule is CCC1(COCCCCCC(=O)OC(C)(C)C)COC1. The van der Waals surface area contributed by atoms with E-state index in [0.717, 1.165) is 52.1 Å². The van der Waals surface area contributed by atoms with Crippen molar-refractivity contribution >= 4 is 5.97 Å². The van der Waals surface area contributed by atoms with Gasteiger partial charge >= 0.3 is 5.97 Å². The van der Waals surface area contributed by atoms with Crippen molar-refractivity contribution < 1.29 is 19.0 Å². The quantitative estimate of drug-likeness (QED) is 0.482. The van der Waals surface area contributed by atoms with E-state index >= 15 is 0 Å². The van der Waals surface area contributed by atoms with Crippen LogP contribution in [0.5, 0.6) is 0 Å². The number of rotatable bonds is 9. The Labute approximate surface area is 123 Å². The molecule has 1 heterocycles. The largest absolute Gasteiger partial charge is 0.460 e. The number of carbonyl (C=O) groups excluding carboxylic acids is 1. The second kappa shape index (κ2) is 7.99. The Morgan fingerprint density at radius 3 is 2.40 bits per heavy atom. The van der Waals surface area contributed by atoms with Crippen molar-refractivity contribution in [1.82, 2.24) is 0 Å². The molecule has 0 aromatic rings. The Morgan fingerprint density at radius 2 is 1.90 bits per heavy atom. The van der Waals surface area contributed by atoms with Crippen molar-refractivity contribution in [3.8, 4) is 0 Å². The molecule has 118 valence electrons. The van der Waals surface area contributed by atoms with E-state index in [1.165, 1.54) is 0 Å². The first-order valence-electron chi connectivity index (χ1n) is 7.74. The van der Waals surface area contributed by atoms with Crippen molar-refractivity contribution in [3.05, 3.63) is 0 Å². The Balaban J connectivity index is 1.93. The van der Waals surface area contributed by atoms with Crippen molar-refractivity contribution in [2.75, 3.05) is 26.4 Å². The van der Waals surface area contributed by atoms with Gasteiger partial charge in [0.15, 0.2) is 0 Å². The van der Waals surface area contributed by atoms with Gasteiger partial charge < -0.3 is 14.2 Å². The number of hydrogen-bond donors (Lipinski definition) is 0. The average Bonchev–Trinajstić information content (AvgIpc) is 2.28. The summed E-state index contributed by atoms with van der Waals surface area (Å²) in [5, 5.41) is 0. The van der Waals surface area contributed by atoms with E-state index < -0.39 is 0 Å². The van der Waals surface area contributed by atoms with Gasteiger partial charge in [0.1, 0.15) is 5.60 Å². The zero-order valence-corrected chi connectivity index (χ0v) is 13.5. The Kier molecular flexibility index (Phi) is 6.96. The van der Waals surface area contributed by atoms with Crippen LogP contribution >= 0.6 is 0 Å². The smallest absolute Gasteiger partial charge is 0.306 e. The van der Waals surface area contributed by atoms with Crippen LogP contribution in [0.1, 0.15) is 59.8 Å². The minimum absolute atomic E-state index is 0.102. The molecule has 1 rings (SSSR count). The molecule has 0 bridgehead atoms. The standard InChI is InChI=1S/C16H30O4/c1-5-16(12-19-13-16)11-18-10-8-6-7-9-14(17)20-15(2,3)4/h5-13H2,1-4H3. The van der Waals surface area contributed by atoms with Gasteiger partial charge in [0.25, 0.3) is 0 Å². The van der Waals surface area contributed by atoms with Crippen LogP contribution in [-0.2, 0) is 19.0 Å². The predicted molar refractivity (Wildman–Crippen MR) is 78.7 cm³/mol. The fourth-order valence-electron chi connectivity index (χ4n) is 2.11.